The van der Waals surface area contributed by atoms with Crippen molar-refractivity contribution in [3.63, 3.8) is 0 Å². The second kappa shape index (κ2) is 17.8. The third-order valence-corrected chi connectivity index (χ3v) is 14.0. The zero-order valence-corrected chi connectivity index (χ0v) is 37.3. The number of pyridine rings is 1. The summed E-state index contributed by atoms with van der Waals surface area (Å²) in [5, 5.41) is 24.1. The van der Waals surface area contributed by atoms with Crippen molar-refractivity contribution in [1.29, 1.82) is 0 Å². The van der Waals surface area contributed by atoms with Crippen molar-refractivity contribution in [2.75, 3.05) is 54.8 Å². The average Bonchev–Trinajstić information content (AvgIpc) is 3.89. The van der Waals surface area contributed by atoms with E-state index in [1.807, 2.05) is 55.5 Å². The van der Waals surface area contributed by atoms with Crippen molar-refractivity contribution in [2.24, 2.45) is 7.05 Å². The van der Waals surface area contributed by atoms with E-state index < -0.39 is 35.7 Å². The fourth-order valence-corrected chi connectivity index (χ4v) is 10.1. The summed E-state index contributed by atoms with van der Waals surface area (Å²) in [6.07, 6.45) is 4.40. The molecule has 2 amide bonds. The van der Waals surface area contributed by atoms with Crippen LogP contribution >= 0.6 is 0 Å². The van der Waals surface area contributed by atoms with Gasteiger partial charge in [-0.15, -0.1) is 0 Å². The molecule has 18 nitrogen and oxygen atoms in total. The zero-order valence-electron chi connectivity index (χ0n) is 37.3. The van der Waals surface area contributed by atoms with E-state index in [9.17, 15) is 33.1 Å². The van der Waals surface area contributed by atoms with Gasteiger partial charge in [-0.2, -0.15) is 13.8 Å². The maximum Gasteiger partial charge on any atom is 0.329 e. The number of anilines is 4. The molecule has 4 aromatic heterocycles. The van der Waals surface area contributed by atoms with Gasteiger partial charge in [0.25, 0.3) is 11.6 Å². The summed E-state index contributed by atoms with van der Waals surface area (Å²) < 4.78 is 32.2. The number of piperidine rings is 2. The molecule has 7 heterocycles. The highest BCUT2D eigenvalue weighted by molar-refractivity contribution is 6.00. The number of hydrogen-bond acceptors (Lipinski definition) is 13. The maximum absolute atomic E-state index is 13.5. The summed E-state index contributed by atoms with van der Waals surface area (Å²) in [6, 6.07) is 17.4. The van der Waals surface area contributed by atoms with E-state index in [2.05, 4.69) is 41.0 Å². The normalized spacial score (nSPS) is 20.3. The first-order valence-electron chi connectivity index (χ1n) is 23.0. The predicted molar refractivity (Wildman–Crippen MR) is 249 cm³/mol. The van der Waals surface area contributed by atoms with Crippen LogP contribution in [0.25, 0.3) is 27.9 Å². The molecule has 2 atom stereocenters. The highest BCUT2D eigenvalue weighted by atomic mass is 19.3. The number of halogens is 2. The number of amides is 2. The summed E-state index contributed by atoms with van der Waals surface area (Å²) in [4.78, 5) is 69.7. The lowest BCUT2D eigenvalue weighted by Crippen LogP contribution is -2.61. The van der Waals surface area contributed by atoms with Crippen LogP contribution in [0.5, 0.6) is 0 Å². The van der Waals surface area contributed by atoms with Gasteiger partial charge in [-0.3, -0.25) is 33.7 Å². The van der Waals surface area contributed by atoms with Crippen LogP contribution in [0.1, 0.15) is 62.7 Å². The van der Waals surface area contributed by atoms with Gasteiger partial charge in [0.15, 0.2) is 11.5 Å². The minimum absolute atomic E-state index is 0.139. The lowest BCUT2D eigenvalue weighted by Gasteiger charge is -2.48. The Morgan fingerprint density at radius 3 is 2.46 bits per heavy atom. The number of likely N-dealkylation sites (tertiary alicyclic amines) is 1. The summed E-state index contributed by atoms with van der Waals surface area (Å²) in [5.41, 5.74) is 3.83. The van der Waals surface area contributed by atoms with Crippen molar-refractivity contribution >= 4 is 56.9 Å². The van der Waals surface area contributed by atoms with Gasteiger partial charge in [0.2, 0.25) is 17.8 Å². The number of aliphatic hydroxyl groups is 1. The lowest BCUT2D eigenvalue weighted by molar-refractivity contribution is -0.135. The number of rotatable bonds is 14. The maximum atomic E-state index is 13.5. The highest BCUT2D eigenvalue weighted by Gasteiger charge is 2.38. The van der Waals surface area contributed by atoms with E-state index >= 15 is 0 Å². The van der Waals surface area contributed by atoms with E-state index in [0.717, 1.165) is 79.2 Å². The number of benzene rings is 2. The number of nitrogens with zero attached hydrogens (tertiary/aromatic N) is 9. The van der Waals surface area contributed by atoms with E-state index in [0.29, 0.717) is 60.7 Å². The van der Waals surface area contributed by atoms with E-state index in [-0.39, 0.29) is 40.8 Å². The number of carbonyl (C=O) groups excluding carboxylic acids is 2. The van der Waals surface area contributed by atoms with Crippen LogP contribution in [0.3, 0.4) is 0 Å². The summed E-state index contributed by atoms with van der Waals surface area (Å²) in [7, 11) is 1.72. The molecule has 0 saturated carbocycles. The Morgan fingerprint density at radius 2 is 1.72 bits per heavy atom. The molecule has 1 aliphatic carbocycles. The number of aryl methyl sites for hydroxylation is 2. The summed E-state index contributed by atoms with van der Waals surface area (Å²) >= 11 is 0. The molecule has 2 aromatic carbocycles. The van der Waals surface area contributed by atoms with Gasteiger partial charge < -0.3 is 26.0 Å². The summed E-state index contributed by atoms with van der Waals surface area (Å²) in [5.74, 6) is -0.263. The van der Waals surface area contributed by atoms with Gasteiger partial charge in [0, 0.05) is 94.2 Å². The lowest BCUT2D eigenvalue weighted by atomic mass is 9.98. The minimum atomic E-state index is -1.92. The highest BCUT2D eigenvalue weighted by Crippen LogP contribution is 2.39. The van der Waals surface area contributed by atoms with Crippen molar-refractivity contribution in [3.8, 4) is 5.82 Å². The third-order valence-electron chi connectivity index (χ3n) is 14.0. The predicted octanol–water partition coefficient (Wildman–Crippen LogP) is 4.03. The molecule has 5 N–H and O–H groups in total. The second-order valence-corrected chi connectivity index (χ2v) is 18.0. The molecule has 350 valence electrons. The Balaban J connectivity index is 0.702. The molecule has 6 aromatic rings. The van der Waals surface area contributed by atoms with Crippen LogP contribution in [0.15, 0.2) is 82.5 Å². The Kier molecular flexibility index (Phi) is 11.7. The molecular formula is C47H53F2N13O5. The minimum Gasteiger partial charge on any atom is -0.384 e. The molecule has 1 unspecified atom stereocenters. The SMILES string of the molecule is CC[C@@]1(O)CCc2ccc(-n3c4nc(Nc5ccc(NCCNC6CCN(C7CN(c8ccc9c(c8)n(C)c(=O)n9C8CCC(=O)NC8=O)C7)CC6)cc5)ncc4c(=O)n3CC=C(F)F)nc21. The molecule has 0 spiro atoms. The first-order chi connectivity index (χ1) is 32.4. The van der Waals surface area contributed by atoms with Crippen molar-refractivity contribution in [3.05, 3.63) is 105 Å². The van der Waals surface area contributed by atoms with Gasteiger partial charge >= 0.3 is 5.69 Å². The number of imidazole rings is 1. The second-order valence-electron chi connectivity index (χ2n) is 18.0. The molecule has 10 rings (SSSR count). The average molecular weight is 918 g/mol. The number of carbonyl (C=O) groups is 2. The van der Waals surface area contributed by atoms with E-state index in [4.69, 9.17) is 4.98 Å². The number of nitrogens with one attached hydrogen (secondary N) is 4. The Bertz CT molecular complexity index is 3030. The van der Waals surface area contributed by atoms with Gasteiger partial charge in [0.1, 0.15) is 17.0 Å². The monoisotopic (exact) mass is 917 g/mol. The molecule has 3 aliphatic heterocycles. The standard InChI is InChI=1S/C47H53F2N13O5/c1-3-47(67)18-14-28-4-12-39(54-41(28)47)62-42-34(44(65)60(62)23-17-38(48)49)25-52-45(56-42)53-31-7-5-29(6-8-31)50-19-20-51-30-15-21-58(22-16-30)33-26-59(27-33)32-9-10-35-37(24-32)57(2)46(66)61(35)36-11-13-40(63)55-43(36)64/h4-10,12,17,24-25,30,33,36,50-51,67H,3,11,13-16,18-23,26-27H2,1-2H3,(H,52,53,56)(H,55,63,64)/t36?,47-/m1/s1. The Hall–Kier alpha value is -6.77. The van der Waals surface area contributed by atoms with Gasteiger partial charge in [0.05, 0.1) is 23.3 Å². The fraction of sp³-hybridized carbons (Fsp3) is 0.426. The smallest absolute Gasteiger partial charge is 0.329 e. The van der Waals surface area contributed by atoms with Crippen LogP contribution in [0, 0.1) is 0 Å². The summed E-state index contributed by atoms with van der Waals surface area (Å²) in [6.45, 7) is 6.86. The number of allylic oxidation sites excluding steroid dienone is 1. The molecule has 67 heavy (non-hydrogen) atoms. The van der Waals surface area contributed by atoms with Crippen LogP contribution in [-0.4, -0.2) is 107 Å². The van der Waals surface area contributed by atoms with Crippen LogP contribution in [0.2, 0.25) is 0 Å². The quantitative estimate of drug-likeness (QED) is 0.0776. The van der Waals surface area contributed by atoms with Crippen molar-refractivity contribution < 1.29 is 23.5 Å². The molecular weight excluding hydrogens is 865 g/mol. The largest absolute Gasteiger partial charge is 0.384 e. The molecule has 0 bridgehead atoms. The molecule has 3 saturated heterocycles. The van der Waals surface area contributed by atoms with E-state index in [1.165, 1.54) is 15.4 Å². The van der Waals surface area contributed by atoms with Crippen molar-refractivity contribution in [1.82, 2.24) is 49.0 Å². The van der Waals surface area contributed by atoms with Crippen LogP contribution in [0.4, 0.5) is 31.8 Å². The number of fused-ring (bicyclic) bond motifs is 3. The first kappa shape index (κ1) is 44.1. The molecule has 0 radical (unpaired) electrons. The number of aromatic nitrogens is 7. The molecule has 4 aliphatic rings. The van der Waals surface area contributed by atoms with Gasteiger partial charge in [-0.05, 0) is 92.6 Å². The fourth-order valence-electron chi connectivity index (χ4n) is 10.1. The van der Waals surface area contributed by atoms with Crippen molar-refractivity contribution in [2.45, 2.75) is 82.1 Å². The molecule has 3 fully saturated rings. The first-order valence-corrected chi connectivity index (χ1v) is 23.0. The van der Waals surface area contributed by atoms with Gasteiger partial charge in [-0.25, -0.2) is 24.1 Å². The number of hydrogen-bond donors (Lipinski definition) is 5. The molecule has 20 heteroatoms. The third kappa shape index (κ3) is 8.37. The Labute approximate surface area is 383 Å². The number of imide groups is 1. The van der Waals surface area contributed by atoms with Crippen LogP contribution in [-0.2, 0) is 35.2 Å². The van der Waals surface area contributed by atoms with Gasteiger partial charge in [-0.1, -0.05) is 13.0 Å². The van der Waals surface area contributed by atoms with Crippen LogP contribution < -0.4 is 37.4 Å². The topological polar surface area (TPSA) is 201 Å². The Morgan fingerprint density at radius 1 is 0.940 bits per heavy atom. The zero-order chi connectivity index (χ0) is 46.6. The van der Waals surface area contributed by atoms with E-state index in [1.54, 1.807) is 17.7 Å².